The summed E-state index contributed by atoms with van der Waals surface area (Å²) in [6.07, 6.45) is 0. The van der Waals surface area contributed by atoms with Gasteiger partial charge in [-0.2, -0.15) is 0 Å². The Bertz CT molecular complexity index is 2380. The molecule has 6 aromatic carbocycles. The second-order valence-corrected chi connectivity index (χ2v) is 12.2. The number of para-hydroxylation sites is 2. The first kappa shape index (κ1) is 25.9. The van der Waals surface area contributed by atoms with Gasteiger partial charge in [0.15, 0.2) is 0 Å². The standard InChI is InChI=1S/C36H21Br2N3O2/c37-30-20-25(41(42)43)21-31(38)36(30)40-33-13-7-5-11-27(33)29-19-24(15-17-35(29)40)39-32-12-6-4-10-26(32)28-18-23(14-16-34(28)39)22-8-2-1-3-9-22/h1-21H. The first-order valence-corrected chi connectivity index (χ1v) is 15.3. The summed E-state index contributed by atoms with van der Waals surface area (Å²) in [5.41, 5.74) is 8.59. The molecule has 8 aromatic rings. The van der Waals surface area contributed by atoms with Crippen LogP contribution in [0.25, 0.3) is 66.1 Å². The van der Waals surface area contributed by atoms with Crippen LogP contribution in [0.2, 0.25) is 0 Å². The highest BCUT2D eigenvalue weighted by atomic mass is 79.9. The second-order valence-electron chi connectivity index (χ2n) is 10.5. The van der Waals surface area contributed by atoms with Gasteiger partial charge in [0.2, 0.25) is 0 Å². The third-order valence-electron chi connectivity index (χ3n) is 8.13. The van der Waals surface area contributed by atoms with Crippen molar-refractivity contribution >= 4 is 81.2 Å². The quantitative estimate of drug-likeness (QED) is 0.137. The van der Waals surface area contributed by atoms with Gasteiger partial charge in [-0.05, 0) is 85.5 Å². The Morgan fingerprint density at radius 2 is 1.05 bits per heavy atom. The van der Waals surface area contributed by atoms with Crippen molar-refractivity contribution in [2.75, 3.05) is 0 Å². The molecule has 0 atom stereocenters. The topological polar surface area (TPSA) is 53.0 Å². The Kier molecular flexibility index (Phi) is 6.00. The third kappa shape index (κ3) is 4.03. The van der Waals surface area contributed by atoms with Crippen LogP contribution in [-0.2, 0) is 0 Å². The van der Waals surface area contributed by atoms with Gasteiger partial charge in [-0.15, -0.1) is 0 Å². The van der Waals surface area contributed by atoms with Crippen LogP contribution in [0.4, 0.5) is 5.69 Å². The average Bonchev–Trinajstić information content (AvgIpc) is 3.53. The summed E-state index contributed by atoms with van der Waals surface area (Å²) in [6.45, 7) is 0. The Balaban J connectivity index is 1.39. The summed E-state index contributed by atoms with van der Waals surface area (Å²) in [5, 5.41) is 16.1. The molecule has 0 N–H and O–H groups in total. The SMILES string of the molecule is O=[N+]([O-])c1cc(Br)c(-n2c3ccccc3c3cc(-n4c5ccccc5c5cc(-c6ccccc6)ccc54)ccc32)c(Br)c1. The van der Waals surface area contributed by atoms with E-state index < -0.39 is 0 Å². The molecule has 0 aliphatic rings. The molecule has 206 valence electrons. The van der Waals surface area contributed by atoms with Gasteiger partial charge >= 0.3 is 0 Å². The fraction of sp³-hybridized carbons (Fsp3) is 0. The number of nitrogens with zero attached hydrogens (tertiary/aromatic N) is 3. The Morgan fingerprint density at radius 1 is 0.512 bits per heavy atom. The van der Waals surface area contributed by atoms with Crippen molar-refractivity contribution in [2.45, 2.75) is 0 Å². The van der Waals surface area contributed by atoms with Crippen molar-refractivity contribution in [1.82, 2.24) is 9.13 Å². The molecule has 2 heterocycles. The number of aromatic nitrogens is 2. The molecule has 0 spiro atoms. The van der Waals surface area contributed by atoms with E-state index in [-0.39, 0.29) is 10.6 Å². The summed E-state index contributed by atoms with van der Waals surface area (Å²) in [6, 6.07) is 43.7. The van der Waals surface area contributed by atoms with Crippen molar-refractivity contribution in [3.8, 4) is 22.5 Å². The van der Waals surface area contributed by atoms with Crippen LogP contribution in [-0.4, -0.2) is 14.1 Å². The average molecular weight is 687 g/mol. The Morgan fingerprint density at radius 3 is 1.72 bits per heavy atom. The van der Waals surface area contributed by atoms with Crippen molar-refractivity contribution in [2.24, 2.45) is 0 Å². The molecule has 0 radical (unpaired) electrons. The second kappa shape index (κ2) is 9.93. The van der Waals surface area contributed by atoms with E-state index in [1.165, 1.54) is 21.9 Å². The smallest absolute Gasteiger partial charge is 0.271 e. The normalized spacial score (nSPS) is 11.7. The lowest BCUT2D eigenvalue weighted by Crippen LogP contribution is -1.99. The maximum absolute atomic E-state index is 11.5. The minimum absolute atomic E-state index is 0.0207. The number of halogens is 2. The van der Waals surface area contributed by atoms with E-state index in [1.807, 2.05) is 18.2 Å². The van der Waals surface area contributed by atoms with Gasteiger partial charge in [-0.25, -0.2) is 0 Å². The number of non-ortho nitro benzene ring substituents is 1. The van der Waals surface area contributed by atoms with Crippen LogP contribution >= 0.6 is 31.9 Å². The number of benzene rings is 6. The lowest BCUT2D eigenvalue weighted by atomic mass is 10.0. The Labute approximate surface area is 263 Å². The van der Waals surface area contributed by atoms with Crippen LogP contribution < -0.4 is 0 Å². The van der Waals surface area contributed by atoms with E-state index in [0.717, 1.165) is 44.2 Å². The highest BCUT2D eigenvalue weighted by Crippen LogP contribution is 2.41. The van der Waals surface area contributed by atoms with E-state index in [4.69, 9.17) is 0 Å². The molecule has 7 heteroatoms. The summed E-state index contributed by atoms with van der Waals surface area (Å²) < 4.78 is 5.77. The van der Waals surface area contributed by atoms with Gasteiger partial charge in [0.05, 0.1) is 32.7 Å². The minimum Gasteiger partial charge on any atom is -0.309 e. The van der Waals surface area contributed by atoms with Crippen molar-refractivity contribution < 1.29 is 4.92 Å². The molecule has 0 aliphatic heterocycles. The lowest BCUT2D eigenvalue weighted by Gasteiger charge is -2.13. The molecule has 0 aliphatic carbocycles. The molecule has 5 nitrogen and oxygen atoms in total. The molecule has 0 unspecified atom stereocenters. The molecule has 43 heavy (non-hydrogen) atoms. The van der Waals surface area contributed by atoms with Gasteiger partial charge < -0.3 is 9.13 Å². The first-order valence-electron chi connectivity index (χ1n) is 13.8. The number of fused-ring (bicyclic) bond motifs is 6. The van der Waals surface area contributed by atoms with Crippen molar-refractivity contribution in [3.63, 3.8) is 0 Å². The molecular formula is C36H21Br2N3O2. The zero-order chi connectivity index (χ0) is 29.2. The van der Waals surface area contributed by atoms with E-state index in [1.54, 1.807) is 12.1 Å². The molecular weight excluding hydrogens is 666 g/mol. The molecule has 0 saturated heterocycles. The number of nitro benzene ring substituents is 1. The minimum atomic E-state index is -0.383. The zero-order valence-corrected chi connectivity index (χ0v) is 25.7. The summed E-state index contributed by atoms with van der Waals surface area (Å²) in [7, 11) is 0. The number of hydrogen-bond acceptors (Lipinski definition) is 2. The van der Waals surface area contributed by atoms with Crippen LogP contribution in [0.15, 0.2) is 136 Å². The molecule has 2 aromatic heterocycles. The van der Waals surface area contributed by atoms with E-state index in [2.05, 4.69) is 138 Å². The predicted molar refractivity (Wildman–Crippen MR) is 183 cm³/mol. The highest BCUT2D eigenvalue weighted by Gasteiger charge is 2.21. The molecule has 0 fully saturated rings. The maximum Gasteiger partial charge on any atom is 0.271 e. The largest absolute Gasteiger partial charge is 0.309 e. The number of nitro groups is 1. The highest BCUT2D eigenvalue weighted by molar-refractivity contribution is 9.11. The number of rotatable bonds is 4. The fourth-order valence-corrected chi connectivity index (χ4v) is 7.79. The number of hydrogen-bond donors (Lipinski definition) is 0. The van der Waals surface area contributed by atoms with Crippen molar-refractivity contribution in [1.29, 1.82) is 0 Å². The first-order chi connectivity index (χ1) is 21.0. The van der Waals surface area contributed by atoms with Crippen molar-refractivity contribution in [3.05, 3.63) is 146 Å². The summed E-state index contributed by atoms with van der Waals surface area (Å²) >= 11 is 7.25. The van der Waals surface area contributed by atoms with E-state index in [9.17, 15) is 10.1 Å². The van der Waals surface area contributed by atoms with Crippen LogP contribution in [0.1, 0.15) is 0 Å². The van der Waals surface area contributed by atoms with E-state index >= 15 is 0 Å². The predicted octanol–water partition coefficient (Wildman–Crippen LogP) is 11.0. The van der Waals surface area contributed by atoms with Gasteiger partial charge in [-0.3, -0.25) is 10.1 Å². The van der Waals surface area contributed by atoms with Crippen LogP contribution in [0.5, 0.6) is 0 Å². The van der Waals surface area contributed by atoms with Crippen LogP contribution in [0, 0.1) is 10.1 Å². The Hall–Kier alpha value is -4.72. The van der Waals surface area contributed by atoms with Gasteiger partial charge in [-0.1, -0.05) is 72.8 Å². The van der Waals surface area contributed by atoms with Gasteiger partial charge in [0.25, 0.3) is 5.69 Å². The van der Waals surface area contributed by atoms with E-state index in [0.29, 0.717) is 8.95 Å². The third-order valence-corrected chi connectivity index (χ3v) is 9.34. The molecule has 0 bridgehead atoms. The fourth-order valence-electron chi connectivity index (χ4n) is 6.27. The van der Waals surface area contributed by atoms with Gasteiger partial charge in [0.1, 0.15) is 0 Å². The van der Waals surface area contributed by atoms with Gasteiger partial charge in [0, 0.05) is 48.3 Å². The maximum atomic E-state index is 11.5. The molecule has 8 rings (SSSR count). The zero-order valence-electron chi connectivity index (χ0n) is 22.5. The molecule has 0 amide bonds. The lowest BCUT2D eigenvalue weighted by molar-refractivity contribution is -0.385. The monoisotopic (exact) mass is 685 g/mol. The molecule has 0 saturated carbocycles. The summed E-state index contributed by atoms with van der Waals surface area (Å²) in [4.78, 5) is 11.1. The van der Waals surface area contributed by atoms with Crippen LogP contribution in [0.3, 0.4) is 0 Å². The summed E-state index contributed by atoms with van der Waals surface area (Å²) in [5.74, 6) is 0.